The molecule has 0 bridgehead atoms. The standard InChI is InChI=1S/C20H24N2O5/c1-3-18(23)21-8-4-5-16(13-21)19(24)22-9-10-27-17-11-14(20(25)26-2)6-7-15(17)12-22/h3,6-7,11,16H,1,4-5,8-10,12-13H2,2H3. The molecule has 3 rings (SSSR count). The molecule has 1 atom stereocenters. The van der Waals surface area contributed by atoms with Gasteiger partial charge in [0.25, 0.3) is 0 Å². The lowest BCUT2D eigenvalue weighted by molar-refractivity contribution is -0.140. The van der Waals surface area contributed by atoms with Crippen LogP contribution in [-0.2, 0) is 20.9 Å². The lowest BCUT2D eigenvalue weighted by atomic mass is 9.96. The molecule has 7 nitrogen and oxygen atoms in total. The van der Waals surface area contributed by atoms with Crippen molar-refractivity contribution < 1.29 is 23.9 Å². The molecule has 27 heavy (non-hydrogen) atoms. The Morgan fingerprint density at radius 3 is 2.81 bits per heavy atom. The molecule has 0 aliphatic carbocycles. The maximum absolute atomic E-state index is 13.0. The van der Waals surface area contributed by atoms with Gasteiger partial charge >= 0.3 is 5.97 Å². The van der Waals surface area contributed by atoms with E-state index in [-0.39, 0.29) is 17.7 Å². The van der Waals surface area contributed by atoms with E-state index in [0.29, 0.717) is 44.1 Å². The number of benzene rings is 1. The first-order chi connectivity index (χ1) is 13.0. The smallest absolute Gasteiger partial charge is 0.337 e. The van der Waals surface area contributed by atoms with Gasteiger partial charge in [-0.15, -0.1) is 0 Å². The highest BCUT2D eigenvalue weighted by molar-refractivity contribution is 5.90. The van der Waals surface area contributed by atoms with Crippen LogP contribution in [0.15, 0.2) is 30.9 Å². The van der Waals surface area contributed by atoms with Crippen molar-refractivity contribution in [2.75, 3.05) is 33.4 Å². The number of rotatable bonds is 3. The Kier molecular flexibility index (Phi) is 5.78. The van der Waals surface area contributed by atoms with Crippen LogP contribution in [0.25, 0.3) is 0 Å². The topological polar surface area (TPSA) is 76.2 Å². The Morgan fingerprint density at radius 1 is 1.26 bits per heavy atom. The molecule has 2 aliphatic heterocycles. The van der Waals surface area contributed by atoms with E-state index in [1.54, 1.807) is 28.0 Å². The zero-order valence-electron chi connectivity index (χ0n) is 15.5. The highest BCUT2D eigenvalue weighted by Gasteiger charge is 2.31. The molecule has 2 aliphatic rings. The minimum absolute atomic E-state index is 0.0325. The highest BCUT2D eigenvalue weighted by Crippen LogP contribution is 2.27. The summed E-state index contributed by atoms with van der Waals surface area (Å²) in [6.07, 6.45) is 2.87. The van der Waals surface area contributed by atoms with E-state index in [9.17, 15) is 14.4 Å². The van der Waals surface area contributed by atoms with Crippen LogP contribution < -0.4 is 4.74 Å². The van der Waals surface area contributed by atoms with E-state index in [4.69, 9.17) is 9.47 Å². The molecule has 144 valence electrons. The minimum Gasteiger partial charge on any atom is -0.491 e. The van der Waals surface area contributed by atoms with Crippen molar-refractivity contribution in [1.82, 2.24) is 9.80 Å². The number of amides is 2. The number of carbonyl (C=O) groups is 3. The van der Waals surface area contributed by atoms with Crippen molar-refractivity contribution in [2.24, 2.45) is 5.92 Å². The van der Waals surface area contributed by atoms with Crippen LogP contribution in [0.3, 0.4) is 0 Å². The first-order valence-electron chi connectivity index (χ1n) is 9.07. The maximum Gasteiger partial charge on any atom is 0.337 e. The Morgan fingerprint density at radius 2 is 2.07 bits per heavy atom. The van der Waals surface area contributed by atoms with Crippen molar-refractivity contribution in [1.29, 1.82) is 0 Å². The number of fused-ring (bicyclic) bond motifs is 1. The number of esters is 1. The quantitative estimate of drug-likeness (QED) is 0.595. The summed E-state index contributed by atoms with van der Waals surface area (Å²) in [5.74, 6) is -0.135. The van der Waals surface area contributed by atoms with Gasteiger partial charge in [0, 0.05) is 25.2 Å². The van der Waals surface area contributed by atoms with Crippen LogP contribution in [-0.4, -0.2) is 60.9 Å². The monoisotopic (exact) mass is 372 g/mol. The molecule has 1 fully saturated rings. The van der Waals surface area contributed by atoms with Crippen LogP contribution in [0.2, 0.25) is 0 Å². The fourth-order valence-corrected chi connectivity index (χ4v) is 3.57. The lowest BCUT2D eigenvalue weighted by Gasteiger charge is -2.34. The molecular weight excluding hydrogens is 348 g/mol. The number of methoxy groups -OCH3 is 1. The van der Waals surface area contributed by atoms with Crippen LogP contribution in [0.5, 0.6) is 5.75 Å². The van der Waals surface area contributed by atoms with Gasteiger partial charge in [-0.3, -0.25) is 9.59 Å². The second-order valence-electron chi connectivity index (χ2n) is 6.75. The summed E-state index contributed by atoms with van der Waals surface area (Å²) in [6, 6.07) is 5.12. The summed E-state index contributed by atoms with van der Waals surface area (Å²) in [6.45, 7) is 5.85. The maximum atomic E-state index is 13.0. The molecule has 0 aromatic heterocycles. The SMILES string of the molecule is C=CC(=O)N1CCCC(C(=O)N2CCOc3cc(C(=O)OC)ccc3C2)C1. The zero-order chi connectivity index (χ0) is 19.4. The van der Waals surface area contributed by atoms with Gasteiger partial charge in [-0.2, -0.15) is 0 Å². The van der Waals surface area contributed by atoms with Gasteiger partial charge in [0.05, 0.1) is 25.1 Å². The van der Waals surface area contributed by atoms with E-state index in [2.05, 4.69) is 6.58 Å². The molecule has 2 amide bonds. The Balaban J connectivity index is 1.72. The summed E-state index contributed by atoms with van der Waals surface area (Å²) in [5.41, 5.74) is 1.27. The number of ether oxygens (including phenoxy) is 2. The lowest BCUT2D eigenvalue weighted by Crippen LogP contribution is -2.46. The molecule has 0 radical (unpaired) electrons. The van der Waals surface area contributed by atoms with Gasteiger partial charge in [-0.25, -0.2) is 4.79 Å². The fourth-order valence-electron chi connectivity index (χ4n) is 3.57. The van der Waals surface area contributed by atoms with Gasteiger partial charge in [0.15, 0.2) is 0 Å². The number of hydrogen-bond donors (Lipinski definition) is 0. The predicted octanol–water partition coefficient (Wildman–Crippen LogP) is 1.62. The summed E-state index contributed by atoms with van der Waals surface area (Å²) in [7, 11) is 1.33. The van der Waals surface area contributed by atoms with E-state index < -0.39 is 5.97 Å². The number of likely N-dealkylation sites (tertiary alicyclic amines) is 1. The largest absolute Gasteiger partial charge is 0.491 e. The predicted molar refractivity (Wildman–Crippen MR) is 98.2 cm³/mol. The first kappa shape index (κ1) is 18.9. The number of nitrogens with zero attached hydrogens (tertiary/aromatic N) is 2. The van der Waals surface area contributed by atoms with Gasteiger partial charge in [-0.05, 0) is 31.1 Å². The molecule has 2 heterocycles. The molecule has 0 saturated carbocycles. The molecule has 1 unspecified atom stereocenters. The Hall–Kier alpha value is -2.83. The van der Waals surface area contributed by atoms with Crippen molar-refractivity contribution in [3.63, 3.8) is 0 Å². The van der Waals surface area contributed by atoms with Crippen molar-refractivity contribution in [3.05, 3.63) is 42.0 Å². The van der Waals surface area contributed by atoms with Gasteiger partial charge < -0.3 is 19.3 Å². The molecular formula is C20H24N2O5. The third-order valence-corrected chi connectivity index (χ3v) is 5.04. The number of carbonyl (C=O) groups excluding carboxylic acids is 3. The normalized spacial score (nSPS) is 19.4. The van der Waals surface area contributed by atoms with Gasteiger partial charge in [0.2, 0.25) is 11.8 Å². The van der Waals surface area contributed by atoms with Crippen LogP contribution in [0.1, 0.15) is 28.8 Å². The average Bonchev–Trinajstić information content (AvgIpc) is 2.93. The summed E-state index contributed by atoms with van der Waals surface area (Å²) >= 11 is 0. The first-order valence-corrected chi connectivity index (χ1v) is 9.07. The van der Waals surface area contributed by atoms with Gasteiger partial charge in [-0.1, -0.05) is 12.6 Å². The van der Waals surface area contributed by atoms with Crippen molar-refractivity contribution in [2.45, 2.75) is 19.4 Å². The van der Waals surface area contributed by atoms with Crippen molar-refractivity contribution >= 4 is 17.8 Å². The van der Waals surface area contributed by atoms with E-state index in [1.165, 1.54) is 13.2 Å². The van der Waals surface area contributed by atoms with E-state index in [1.807, 2.05) is 0 Å². The van der Waals surface area contributed by atoms with Crippen molar-refractivity contribution in [3.8, 4) is 5.75 Å². The van der Waals surface area contributed by atoms with E-state index >= 15 is 0 Å². The summed E-state index contributed by atoms with van der Waals surface area (Å²) < 4.78 is 10.5. The second kappa shape index (κ2) is 8.24. The molecule has 7 heteroatoms. The average molecular weight is 372 g/mol. The van der Waals surface area contributed by atoms with E-state index in [0.717, 1.165) is 18.4 Å². The van der Waals surface area contributed by atoms with Crippen LogP contribution in [0.4, 0.5) is 0 Å². The Labute approximate surface area is 158 Å². The minimum atomic E-state index is -0.423. The third-order valence-electron chi connectivity index (χ3n) is 5.04. The molecule has 1 aromatic carbocycles. The zero-order valence-corrected chi connectivity index (χ0v) is 15.5. The molecule has 0 spiro atoms. The summed E-state index contributed by atoms with van der Waals surface area (Å²) in [5, 5.41) is 0. The van der Waals surface area contributed by atoms with Gasteiger partial charge in [0.1, 0.15) is 12.4 Å². The number of hydrogen-bond acceptors (Lipinski definition) is 5. The van der Waals surface area contributed by atoms with Crippen LogP contribution in [0, 0.1) is 5.92 Å². The third kappa shape index (κ3) is 4.13. The fraction of sp³-hybridized carbons (Fsp3) is 0.450. The summed E-state index contributed by atoms with van der Waals surface area (Å²) in [4.78, 5) is 40.0. The molecule has 0 N–H and O–H groups in total. The number of piperidine rings is 1. The molecule has 1 saturated heterocycles. The highest BCUT2D eigenvalue weighted by atomic mass is 16.5. The Bertz CT molecular complexity index is 761. The van der Waals surface area contributed by atoms with Crippen LogP contribution >= 0.6 is 0 Å². The second-order valence-corrected chi connectivity index (χ2v) is 6.75. The molecule has 1 aromatic rings.